The molecule has 1 unspecified atom stereocenters. The number of halogens is 3. The van der Waals surface area contributed by atoms with Crippen LogP contribution in [0.25, 0.3) is 0 Å². The lowest BCUT2D eigenvalue weighted by Crippen LogP contribution is -2.53. The van der Waals surface area contributed by atoms with Crippen LogP contribution in [0, 0.1) is 0 Å². The molecule has 0 fully saturated rings. The molecular formula is C34H34BrCl2N3O5S. The van der Waals surface area contributed by atoms with Gasteiger partial charge in [0.2, 0.25) is 11.8 Å². The number of likely N-dealkylation sites (N-methyl/N-ethyl adjacent to an activating group) is 1. The van der Waals surface area contributed by atoms with Gasteiger partial charge in [-0.05, 0) is 85.6 Å². The zero-order valence-electron chi connectivity index (χ0n) is 25.3. The van der Waals surface area contributed by atoms with Gasteiger partial charge in [0.05, 0.1) is 17.2 Å². The van der Waals surface area contributed by atoms with Crippen LogP contribution >= 0.6 is 39.1 Å². The average molecular weight is 748 g/mol. The first-order valence-corrected chi connectivity index (χ1v) is 17.6. The van der Waals surface area contributed by atoms with E-state index in [2.05, 4.69) is 21.2 Å². The molecule has 0 aromatic heterocycles. The lowest BCUT2D eigenvalue weighted by atomic mass is 10.0. The van der Waals surface area contributed by atoms with Gasteiger partial charge in [0.25, 0.3) is 10.0 Å². The lowest BCUT2D eigenvalue weighted by Gasteiger charge is -2.34. The second-order valence-corrected chi connectivity index (χ2v) is 13.9. The van der Waals surface area contributed by atoms with Gasteiger partial charge in [-0.1, -0.05) is 75.5 Å². The standard InChI is InChI=1S/C34H34BrCl2N3O5S/c1-3-38-34(42)32(20-24-8-6-5-7-9-24)39(22-25-10-13-27(36)21-31(25)37)33(41)23-40(28-14-16-29(17-15-28)45-4-2)46(43,44)30-18-11-26(35)12-19-30/h5-19,21,32H,3-4,20,22-23H2,1-2H3,(H,38,42). The van der Waals surface area contributed by atoms with Gasteiger partial charge < -0.3 is 15.0 Å². The van der Waals surface area contributed by atoms with Crippen molar-refractivity contribution in [1.29, 1.82) is 0 Å². The number of carbonyl (C=O) groups is 2. The summed E-state index contributed by atoms with van der Waals surface area (Å²) >= 11 is 16.0. The van der Waals surface area contributed by atoms with Gasteiger partial charge in [-0.3, -0.25) is 13.9 Å². The molecule has 0 spiro atoms. The van der Waals surface area contributed by atoms with E-state index in [1.807, 2.05) is 37.3 Å². The number of anilines is 1. The van der Waals surface area contributed by atoms with Gasteiger partial charge in [-0.25, -0.2) is 8.42 Å². The first kappa shape index (κ1) is 35.3. The second kappa shape index (κ2) is 16.3. The Morgan fingerprint density at radius 2 is 1.59 bits per heavy atom. The Kier molecular flexibility index (Phi) is 12.5. The second-order valence-electron chi connectivity index (χ2n) is 10.2. The summed E-state index contributed by atoms with van der Waals surface area (Å²) in [6.45, 7) is 3.74. The summed E-state index contributed by atoms with van der Waals surface area (Å²) in [6, 6.07) is 25.8. The van der Waals surface area contributed by atoms with E-state index in [1.165, 1.54) is 17.0 Å². The fraction of sp³-hybridized carbons (Fsp3) is 0.235. The highest BCUT2D eigenvalue weighted by molar-refractivity contribution is 9.10. The first-order chi connectivity index (χ1) is 22.0. The van der Waals surface area contributed by atoms with Gasteiger partial charge in [-0.15, -0.1) is 0 Å². The topological polar surface area (TPSA) is 96.0 Å². The SMILES string of the molecule is CCNC(=O)C(Cc1ccccc1)N(Cc1ccc(Cl)cc1Cl)C(=O)CN(c1ccc(OCC)cc1)S(=O)(=O)c1ccc(Br)cc1. The Balaban J connectivity index is 1.81. The molecule has 0 saturated heterocycles. The summed E-state index contributed by atoms with van der Waals surface area (Å²) in [4.78, 5) is 29.5. The van der Waals surface area contributed by atoms with Gasteiger partial charge in [0.1, 0.15) is 18.3 Å². The Morgan fingerprint density at radius 1 is 0.913 bits per heavy atom. The minimum Gasteiger partial charge on any atom is -0.494 e. The van der Waals surface area contributed by atoms with Gasteiger partial charge in [-0.2, -0.15) is 0 Å². The van der Waals surface area contributed by atoms with Crippen molar-refractivity contribution in [3.05, 3.63) is 123 Å². The number of nitrogens with zero attached hydrogens (tertiary/aromatic N) is 2. The van der Waals surface area contributed by atoms with Crippen LogP contribution in [0.1, 0.15) is 25.0 Å². The fourth-order valence-electron chi connectivity index (χ4n) is 4.82. The molecule has 0 aliphatic rings. The van der Waals surface area contributed by atoms with Crippen LogP contribution in [0.5, 0.6) is 5.75 Å². The van der Waals surface area contributed by atoms with E-state index < -0.39 is 28.5 Å². The van der Waals surface area contributed by atoms with Crippen LogP contribution in [0.3, 0.4) is 0 Å². The minimum atomic E-state index is -4.25. The molecule has 8 nitrogen and oxygen atoms in total. The summed E-state index contributed by atoms with van der Waals surface area (Å²) < 4.78 is 35.6. The van der Waals surface area contributed by atoms with E-state index >= 15 is 0 Å². The molecule has 12 heteroatoms. The van der Waals surface area contributed by atoms with Crippen molar-refractivity contribution >= 4 is 66.7 Å². The maximum absolute atomic E-state index is 14.5. The van der Waals surface area contributed by atoms with E-state index in [0.29, 0.717) is 39.0 Å². The summed E-state index contributed by atoms with van der Waals surface area (Å²) in [5, 5.41) is 3.56. The molecule has 0 aliphatic heterocycles. The molecule has 1 atom stereocenters. The van der Waals surface area contributed by atoms with Crippen molar-refractivity contribution in [3.63, 3.8) is 0 Å². The third-order valence-corrected chi connectivity index (χ3v) is 10.00. The molecule has 0 bridgehead atoms. The molecule has 4 aromatic carbocycles. The van der Waals surface area contributed by atoms with Crippen LogP contribution in [-0.2, 0) is 32.6 Å². The molecule has 0 aliphatic carbocycles. The number of rotatable bonds is 14. The predicted molar refractivity (Wildman–Crippen MR) is 186 cm³/mol. The number of hydrogen-bond acceptors (Lipinski definition) is 5. The highest BCUT2D eigenvalue weighted by atomic mass is 79.9. The Bertz CT molecular complexity index is 1740. The van der Waals surface area contributed by atoms with Gasteiger partial charge in [0.15, 0.2) is 0 Å². The Morgan fingerprint density at radius 3 is 2.20 bits per heavy atom. The number of nitrogens with one attached hydrogen (secondary N) is 1. The molecule has 242 valence electrons. The maximum Gasteiger partial charge on any atom is 0.264 e. The summed E-state index contributed by atoms with van der Waals surface area (Å²) in [6.07, 6.45) is 0.187. The normalized spacial score (nSPS) is 11.8. The highest BCUT2D eigenvalue weighted by Crippen LogP contribution is 2.29. The zero-order valence-corrected chi connectivity index (χ0v) is 29.2. The zero-order chi connectivity index (χ0) is 33.3. The smallest absolute Gasteiger partial charge is 0.264 e. The van der Waals surface area contributed by atoms with Crippen molar-refractivity contribution < 1.29 is 22.7 Å². The summed E-state index contributed by atoms with van der Waals surface area (Å²) in [5.74, 6) is -0.433. The molecule has 4 rings (SSSR count). The monoisotopic (exact) mass is 745 g/mol. The predicted octanol–water partition coefficient (Wildman–Crippen LogP) is 7.13. The number of hydrogen-bond donors (Lipinski definition) is 1. The van der Waals surface area contributed by atoms with Crippen LogP contribution in [0.15, 0.2) is 106 Å². The number of benzene rings is 4. The van der Waals surface area contributed by atoms with Crippen molar-refractivity contribution in [2.45, 2.75) is 37.8 Å². The third-order valence-electron chi connectivity index (χ3n) is 7.09. The fourth-order valence-corrected chi connectivity index (χ4v) is 6.96. The molecule has 0 saturated carbocycles. The van der Waals surface area contributed by atoms with Gasteiger partial charge >= 0.3 is 0 Å². The van der Waals surface area contributed by atoms with Crippen LogP contribution in [0.2, 0.25) is 10.0 Å². The van der Waals surface area contributed by atoms with Crippen molar-refractivity contribution in [2.75, 3.05) is 24.0 Å². The largest absolute Gasteiger partial charge is 0.494 e. The van der Waals surface area contributed by atoms with E-state index in [1.54, 1.807) is 61.5 Å². The molecule has 4 aromatic rings. The molecule has 1 N–H and O–H groups in total. The highest BCUT2D eigenvalue weighted by Gasteiger charge is 2.35. The summed E-state index contributed by atoms with van der Waals surface area (Å²) in [5.41, 5.74) is 1.62. The quantitative estimate of drug-likeness (QED) is 0.148. The average Bonchev–Trinajstić information content (AvgIpc) is 3.03. The van der Waals surface area contributed by atoms with Gasteiger partial charge in [0, 0.05) is 34.0 Å². The van der Waals surface area contributed by atoms with Crippen LogP contribution in [-0.4, -0.2) is 50.9 Å². The molecule has 46 heavy (non-hydrogen) atoms. The van der Waals surface area contributed by atoms with E-state index in [9.17, 15) is 18.0 Å². The van der Waals surface area contributed by atoms with Crippen molar-refractivity contribution in [1.82, 2.24) is 10.2 Å². The number of ether oxygens (including phenoxy) is 1. The minimum absolute atomic E-state index is 0.00533. The maximum atomic E-state index is 14.5. The molecular weight excluding hydrogens is 713 g/mol. The van der Waals surface area contributed by atoms with Crippen molar-refractivity contribution in [3.8, 4) is 5.75 Å². The number of amides is 2. The molecule has 0 heterocycles. The summed E-state index contributed by atoms with van der Waals surface area (Å²) in [7, 11) is -4.25. The molecule has 2 amide bonds. The Hall–Kier alpha value is -3.57. The third kappa shape index (κ3) is 9.03. The first-order valence-electron chi connectivity index (χ1n) is 14.6. The number of carbonyl (C=O) groups excluding carboxylic acids is 2. The lowest BCUT2D eigenvalue weighted by molar-refractivity contribution is -0.140. The Labute approximate surface area is 288 Å². The number of sulfonamides is 1. The van der Waals surface area contributed by atoms with Crippen molar-refractivity contribution in [2.24, 2.45) is 0 Å². The van der Waals surface area contributed by atoms with E-state index in [0.717, 1.165) is 9.87 Å². The van der Waals surface area contributed by atoms with Crippen LogP contribution < -0.4 is 14.4 Å². The van der Waals surface area contributed by atoms with E-state index in [-0.39, 0.29) is 29.5 Å². The van der Waals surface area contributed by atoms with E-state index in [4.69, 9.17) is 27.9 Å². The van der Waals surface area contributed by atoms with Crippen LogP contribution in [0.4, 0.5) is 5.69 Å². The molecule has 0 radical (unpaired) electrons.